The van der Waals surface area contributed by atoms with Gasteiger partial charge in [0.15, 0.2) is 0 Å². The molecular formula is C22H27N3O3. The molecule has 1 aliphatic heterocycles. The predicted molar refractivity (Wildman–Crippen MR) is 109 cm³/mol. The zero-order valence-electron chi connectivity index (χ0n) is 16.5. The van der Waals surface area contributed by atoms with E-state index in [0.717, 1.165) is 32.4 Å². The van der Waals surface area contributed by atoms with E-state index in [1.54, 1.807) is 19.1 Å². The topological polar surface area (TPSA) is 71.4 Å². The SMILES string of the molecule is CC(=O)Nc1ccc(C)n(CC(=O)N2CCC(Cc3ccccc3)CC2)c1=O. The van der Waals surface area contributed by atoms with Crippen LogP contribution in [0, 0.1) is 12.8 Å². The van der Waals surface area contributed by atoms with Gasteiger partial charge in [0.2, 0.25) is 11.8 Å². The van der Waals surface area contributed by atoms with Crippen LogP contribution in [0.4, 0.5) is 5.69 Å². The van der Waals surface area contributed by atoms with Crippen molar-refractivity contribution in [2.75, 3.05) is 18.4 Å². The van der Waals surface area contributed by atoms with Gasteiger partial charge >= 0.3 is 0 Å². The Balaban J connectivity index is 1.60. The fraction of sp³-hybridized carbons (Fsp3) is 0.409. The third kappa shape index (κ3) is 4.88. The molecule has 2 amide bonds. The molecule has 0 aliphatic carbocycles. The minimum Gasteiger partial charge on any atom is -0.341 e. The Morgan fingerprint density at radius 1 is 1.07 bits per heavy atom. The highest BCUT2D eigenvalue weighted by atomic mass is 16.2. The minimum absolute atomic E-state index is 0.00143. The van der Waals surface area contributed by atoms with Crippen LogP contribution in [0.15, 0.2) is 47.3 Å². The molecule has 1 saturated heterocycles. The first kappa shape index (κ1) is 19.9. The lowest BCUT2D eigenvalue weighted by Gasteiger charge is -2.32. The Morgan fingerprint density at radius 3 is 2.39 bits per heavy atom. The molecule has 1 aromatic heterocycles. The van der Waals surface area contributed by atoms with Crippen molar-refractivity contribution in [2.45, 2.75) is 39.7 Å². The summed E-state index contributed by atoms with van der Waals surface area (Å²) in [5.41, 5.74) is 1.89. The summed E-state index contributed by atoms with van der Waals surface area (Å²) in [6.07, 6.45) is 2.99. The maximum absolute atomic E-state index is 12.7. The number of aromatic nitrogens is 1. The second-order valence-electron chi connectivity index (χ2n) is 7.47. The number of carbonyl (C=O) groups excluding carboxylic acids is 2. The molecule has 1 fully saturated rings. The first-order chi connectivity index (χ1) is 13.4. The van der Waals surface area contributed by atoms with Crippen molar-refractivity contribution >= 4 is 17.5 Å². The summed E-state index contributed by atoms with van der Waals surface area (Å²) in [5, 5.41) is 2.53. The van der Waals surface area contributed by atoms with E-state index in [2.05, 4.69) is 29.6 Å². The molecule has 28 heavy (non-hydrogen) atoms. The quantitative estimate of drug-likeness (QED) is 0.865. The van der Waals surface area contributed by atoms with E-state index in [9.17, 15) is 14.4 Å². The zero-order chi connectivity index (χ0) is 20.1. The maximum Gasteiger partial charge on any atom is 0.274 e. The van der Waals surface area contributed by atoms with Gasteiger partial charge in [0.05, 0.1) is 0 Å². The molecular weight excluding hydrogens is 354 g/mol. The van der Waals surface area contributed by atoms with Crippen molar-refractivity contribution < 1.29 is 9.59 Å². The molecule has 0 radical (unpaired) electrons. The molecule has 0 saturated carbocycles. The maximum atomic E-state index is 12.7. The molecule has 2 heterocycles. The number of hydrogen-bond acceptors (Lipinski definition) is 3. The highest BCUT2D eigenvalue weighted by Gasteiger charge is 2.23. The number of benzene rings is 1. The van der Waals surface area contributed by atoms with E-state index in [1.807, 2.05) is 11.0 Å². The van der Waals surface area contributed by atoms with Crippen molar-refractivity contribution in [3.05, 3.63) is 64.1 Å². The highest BCUT2D eigenvalue weighted by Crippen LogP contribution is 2.22. The van der Waals surface area contributed by atoms with Crippen LogP contribution in [0.3, 0.4) is 0 Å². The minimum atomic E-state index is -0.345. The van der Waals surface area contributed by atoms with E-state index < -0.39 is 0 Å². The van der Waals surface area contributed by atoms with Crippen LogP contribution in [-0.4, -0.2) is 34.4 Å². The van der Waals surface area contributed by atoms with Crippen molar-refractivity contribution in [1.82, 2.24) is 9.47 Å². The summed E-state index contributed by atoms with van der Waals surface area (Å²) in [6, 6.07) is 13.8. The molecule has 6 nitrogen and oxygen atoms in total. The van der Waals surface area contributed by atoms with Gasteiger partial charge in [-0.15, -0.1) is 0 Å². The van der Waals surface area contributed by atoms with E-state index in [0.29, 0.717) is 11.6 Å². The third-order valence-corrected chi connectivity index (χ3v) is 5.33. The smallest absolute Gasteiger partial charge is 0.274 e. The second-order valence-corrected chi connectivity index (χ2v) is 7.47. The Kier molecular flexibility index (Phi) is 6.29. The largest absolute Gasteiger partial charge is 0.341 e. The number of aryl methyl sites for hydroxylation is 1. The van der Waals surface area contributed by atoms with Crippen molar-refractivity contribution in [1.29, 1.82) is 0 Å². The van der Waals surface area contributed by atoms with Crippen LogP contribution in [0.25, 0.3) is 0 Å². The van der Waals surface area contributed by atoms with E-state index in [4.69, 9.17) is 0 Å². The van der Waals surface area contributed by atoms with Gasteiger partial charge in [-0.25, -0.2) is 0 Å². The lowest BCUT2D eigenvalue weighted by atomic mass is 9.90. The number of carbonyl (C=O) groups is 2. The third-order valence-electron chi connectivity index (χ3n) is 5.33. The number of pyridine rings is 1. The second kappa shape index (κ2) is 8.87. The van der Waals surface area contributed by atoms with Crippen molar-refractivity contribution in [3.8, 4) is 0 Å². The summed E-state index contributed by atoms with van der Waals surface area (Å²) < 4.78 is 1.43. The van der Waals surface area contributed by atoms with Gasteiger partial charge in [0.1, 0.15) is 12.2 Å². The fourth-order valence-corrected chi connectivity index (χ4v) is 3.72. The van der Waals surface area contributed by atoms with Crippen LogP contribution >= 0.6 is 0 Å². The molecule has 0 spiro atoms. The number of hydrogen-bond donors (Lipinski definition) is 1. The standard InChI is InChI=1S/C22H27N3O3/c1-16-8-9-20(23-17(2)26)22(28)25(16)15-21(27)24-12-10-19(11-13-24)14-18-6-4-3-5-7-18/h3-9,19H,10-15H2,1-2H3,(H,23,26). The lowest BCUT2D eigenvalue weighted by molar-refractivity contribution is -0.133. The molecule has 3 rings (SSSR count). The molecule has 0 bridgehead atoms. The van der Waals surface area contributed by atoms with Gasteiger partial charge < -0.3 is 14.8 Å². The molecule has 1 N–H and O–H groups in total. The van der Waals surface area contributed by atoms with Crippen LogP contribution in [0.1, 0.15) is 31.0 Å². The summed E-state index contributed by atoms with van der Waals surface area (Å²) >= 11 is 0. The number of piperidine rings is 1. The molecule has 6 heteroatoms. The summed E-state index contributed by atoms with van der Waals surface area (Å²) in [4.78, 5) is 38.4. The number of nitrogens with zero attached hydrogens (tertiary/aromatic N) is 2. The van der Waals surface area contributed by atoms with Gasteiger partial charge in [-0.3, -0.25) is 14.4 Å². The van der Waals surface area contributed by atoms with Gasteiger partial charge in [-0.05, 0) is 49.8 Å². The fourth-order valence-electron chi connectivity index (χ4n) is 3.72. The van der Waals surface area contributed by atoms with Crippen LogP contribution in [0.5, 0.6) is 0 Å². The van der Waals surface area contributed by atoms with Crippen molar-refractivity contribution in [2.24, 2.45) is 5.92 Å². The predicted octanol–water partition coefficient (Wildman–Crippen LogP) is 2.60. The Bertz CT molecular complexity index is 897. The van der Waals surface area contributed by atoms with Gasteiger partial charge in [0.25, 0.3) is 5.56 Å². The normalized spacial score (nSPS) is 14.7. The average molecular weight is 381 g/mol. The number of rotatable bonds is 5. The highest BCUT2D eigenvalue weighted by molar-refractivity contribution is 5.88. The summed E-state index contributed by atoms with van der Waals surface area (Å²) in [6.45, 7) is 4.58. The van der Waals surface area contributed by atoms with Crippen molar-refractivity contribution in [3.63, 3.8) is 0 Å². The first-order valence-corrected chi connectivity index (χ1v) is 9.74. The zero-order valence-corrected chi connectivity index (χ0v) is 16.5. The molecule has 1 aliphatic rings. The molecule has 148 valence electrons. The van der Waals surface area contributed by atoms with E-state index >= 15 is 0 Å². The lowest BCUT2D eigenvalue weighted by Crippen LogP contribution is -2.42. The van der Waals surface area contributed by atoms with E-state index in [1.165, 1.54) is 17.1 Å². The number of nitrogens with one attached hydrogen (secondary N) is 1. The van der Waals surface area contributed by atoms with Crippen LogP contribution in [0.2, 0.25) is 0 Å². The van der Waals surface area contributed by atoms with Crippen LogP contribution in [-0.2, 0) is 22.6 Å². The van der Waals surface area contributed by atoms with Gasteiger partial charge in [-0.1, -0.05) is 30.3 Å². The average Bonchev–Trinajstić information content (AvgIpc) is 2.68. The van der Waals surface area contributed by atoms with Gasteiger partial charge in [-0.2, -0.15) is 0 Å². The number of anilines is 1. The Labute approximate surface area is 165 Å². The number of likely N-dealkylation sites (tertiary alicyclic amines) is 1. The first-order valence-electron chi connectivity index (χ1n) is 9.74. The molecule has 1 aromatic carbocycles. The molecule has 0 atom stereocenters. The Hall–Kier alpha value is -2.89. The molecule has 2 aromatic rings. The van der Waals surface area contributed by atoms with Gasteiger partial charge in [0, 0.05) is 25.7 Å². The summed E-state index contributed by atoms with van der Waals surface area (Å²) in [5.74, 6) is 0.224. The van der Waals surface area contributed by atoms with E-state index in [-0.39, 0.29) is 29.6 Å². The monoisotopic (exact) mass is 381 g/mol. The number of amides is 2. The molecule has 0 unspecified atom stereocenters. The Morgan fingerprint density at radius 2 is 1.75 bits per heavy atom. The summed E-state index contributed by atoms with van der Waals surface area (Å²) in [7, 11) is 0. The van der Waals surface area contributed by atoms with Crippen LogP contribution < -0.4 is 10.9 Å².